The lowest BCUT2D eigenvalue weighted by Gasteiger charge is -2.17. The molecular weight excluding hydrogens is 255 g/mol. The number of aryl methyl sites for hydroxylation is 1. The van der Waals surface area contributed by atoms with Crippen LogP contribution in [0.3, 0.4) is 0 Å². The van der Waals surface area contributed by atoms with E-state index in [0.29, 0.717) is 12.8 Å². The first-order valence-corrected chi connectivity index (χ1v) is 6.31. The van der Waals surface area contributed by atoms with Crippen LogP contribution in [-0.2, 0) is 11.2 Å². The summed E-state index contributed by atoms with van der Waals surface area (Å²) in [6.45, 7) is 1.66. The zero-order valence-electron chi connectivity index (χ0n) is 11.3. The minimum absolute atomic E-state index is 0.0816. The first-order chi connectivity index (χ1) is 9.02. The monoisotopic (exact) mass is 275 g/mol. The molecule has 0 aliphatic rings. The van der Waals surface area contributed by atoms with E-state index in [1.54, 1.807) is 13.1 Å². The van der Waals surface area contributed by atoms with E-state index in [-0.39, 0.29) is 18.5 Å². The molecule has 1 rings (SSSR count). The highest BCUT2D eigenvalue weighted by molar-refractivity contribution is 5.27. The predicted octanol–water partition coefficient (Wildman–Crippen LogP) is 2.94. The lowest BCUT2D eigenvalue weighted by molar-refractivity contribution is 0.0146. The highest BCUT2D eigenvalue weighted by atomic mass is 19.3. The number of hydrogen-bond acceptors (Lipinski definition) is 2. The number of benzene rings is 1. The summed E-state index contributed by atoms with van der Waals surface area (Å²) in [5, 5.41) is 3.10. The summed E-state index contributed by atoms with van der Waals surface area (Å²) in [6.07, 6.45) is -1.17. The van der Waals surface area contributed by atoms with Crippen LogP contribution in [0.4, 0.5) is 13.2 Å². The molecule has 1 unspecified atom stereocenters. The Kier molecular flexibility index (Phi) is 6.87. The van der Waals surface area contributed by atoms with E-state index < -0.39 is 13.0 Å². The quantitative estimate of drug-likeness (QED) is 0.737. The minimum Gasteiger partial charge on any atom is -0.375 e. The van der Waals surface area contributed by atoms with Crippen molar-refractivity contribution in [1.29, 1.82) is 0 Å². The summed E-state index contributed by atoms with van der Waals surface area (Å²) in [7, 11) is 1.80. The summed E-state index contributed by atoms with van der Waals surface area (Å²) >= 11 is 0. The number of rotatable bonds is 8. The van der Waals surface area contributed by atoms with Crippen molar-refractivity contribution in [3.8, 4) is 0 Å². The number of halogens is 3. The zero-order chi connectivity index (χ0) is 14.3. The Balaban J connectivity index is 2.45. The highest BCUT2D eigenvalue weighted by Crippen LogP contribution is 2.13. The molecule has 0 aromatic heterocycles. The van der Waals surface area contributed by atoms with Gasteiger partial charge in [0, 0.05) is 12.6 Å². The summed E-state index contributed by atoms with van der Waals surface area (Å²) in [6, 6.07) is 4.77. The van der Waals surface area contributed by atoms with E-state index in [0.717, 1.165) is 11.1 Å². The molecule has 1 atom stereocenters. The van der Waals surface area contributed by atoms with E-state index in [9.17, 15) is 13.2 Å². The molecule has 0 aliphatic carbocycles. The average molecular weight is 275 g/mol. The van der Waals surface area contributed by atoms with Gasteiger partial charge in [-0.3, -0.25) is 0 Å². The predicted molar refractivity (Wildman–Crippen MR) is 69.1 cm³/mol. The summed E-state index contributed by atoms with van der Waals surface area (Å²) < 4.78 is 41.8. The molecule has 0 aliphatic heterocycles. The number of alkyl halides is 2. The van der Waals surface area contributed by atoms with Gasteiger partial charge in [-0.2, -0.15) is 0 Å². The Bertz CT molecular complexity index is 385. The molecule has 0 bridgehead atoms. The fourth-order valence-electron chi connectivity index (χ4n) is 1.87. The Morgan fingerprint density at radius 2 is 2.05 bits per heavy atom. The molecule has 0 fully saturated rings. The molecule has 1 aromatic rings. The largest absolute Gasteiger partial charge is 0.375 e. The standard InChI is InChI=1S/C14H20F3NO/c1-10-3-4-12(15)7-11(10)8-13(18-2)5-6-19-9-14(16)17/h3-4,7,13-14,18H,5-6,8-9H2,1-2H3. The van der Waals surface area contributed by atoms with Crippen molar-refractivity contribution in [2.45, 2.75) is 32.2 Å². The van der Waals surface area contributed by atoms with Crippen molar-refractivity contribution in [2.24, 2.45) is 0 Å². The van der Waals surface area contributed by atoms with Gasteiger partial charge in [-0.25, -0.2) is 13.2 Å². The van der Waals surface area contributed by atoms with Crippen LogP contribution in [0, 0.1) is 12.7 Å². The van der Waals surface area contributed by atoms with Crippen LogP contribution >= 0.6 is 0 Å². The van der Waals surface area contributed by atoms with Gasteiger partial charge in [0.05, 0.1) is 0 Å². The average Bonchev–Trinajstić information content (AvgIpc) is 2.37. The molecule has 108 valence electrons. The second kappa shape index (κ2) is 8.17. The highest BCUT2D eigenvalue weighted by Gasteiger charge is 2.10. The molecule has 0 saturated carbocycles. The van der Waals surface area contributed by atoms with Crippen LogP contribution in [0.25, 0.3) is 0 Å². The van der Waals surface area contributed by atoms with Gasteiger partial charge in [-0.1, -0.05) is 6.07 Å². The molecule has 0 radical (unpaired) electrons. The number of hydrogen-bond donors (Lipinski definition) is 1. The van der Waals surface area contributed by atoms with Gasteiger partial charge in [0.25, 0.3) is 6.43 Å². The van der Waals surface area contributed by atoms with E-state index in [1.807, 2.05) is 6.92 Å². The van der Waals surface area contributed by atoms with Crippen LogP contribution in [0.5, 0.6) is 0 Å². The van der Waals surface area contributed by atoms with Crippen LogP contribution in [0.2, 0.25) is 0 Å². The first-order valence-electron chi connectivity index (χ1n) is 6.31. The minimum atomic E-state index is -2.43. The van der Waals surface area contributed by atoms with Gasteiger partial charge in [0.1, 0.15) is 12.4 Å². The Morgan fingerprint density at radius 1 is 1.32 bits per heavy atom. The summed E-state index contributed by atoms with van der Waals surface area (Å²) in [4.78, 5) is 0. The molecule has 1 aromatic carbocycles. The van der Waals surface area contributed by atoms with Crippen molar-refractivity contribution < 1.29 is 17.9 Å². The van der Waals surface area contributed by atoms with Crippen LogP contribution in [0.1, 0.15) is 17.5 Å². The van der Waals surface area contributed by atoms with Gasteiger partial charge < -0.3 is 10.1 Å². The smallest absolute Gasteiger partial charge is 0.261 e. The number of likely N-dealkylation sites (N-methyl/N-ethyl adjacent to an activating group) is 1. The molecule has 5 heteroatoms. The van der Waals surface area contributed by atoms with Gasteiger partial charge in [-0.05, 0) is 50.1 Å². The maximum Gasteiger partial charge on any atom is 0.261 e. The fraction of sp³-hybridized carbons (Fsp3) is 0.571. The maximum atomic E-state index is 13.2. The Labute approximate surface area is 112 Å². The van der Waals surface area contributed by atoms with E-state index in [2.05, 4.69) is 5.32 Å². The van der Waals surface area contributed by atoms with Crippen LogP contribution < -0.4 is 5.32 Å². The van der Waals surface area contributed by atoms with Crippen LogP contribution in [-0.4, -0.2) is 32.7 Å². The van der Waals surface area contributed by atoms with Crippen molar-refractivity contribution in [1.82, 2.24) is 5.32 Å². The molecule has 1 N–H and O–H groups in total. The molecule has 0 saturated heterocycles. The third-order valence-corrected chi connectivity index (χ3v) is 3.04. The molecule has 0 heterocycles. The topological polar surface area (TPSA) is 21.3 Å². The second-order valence-electron chi connectivity index (χ2n) is 4.52. The third kappa shape index (κ3) is 6.07. The maximum absolute atomic E-state index is 13.2. The lowest BCUT2D eigenvalue weighted by Crippen LogP contribution is -2.29. The van der Waals surface area contributed by atoms with Crippen molar-refractivity contribution in [2.75, 3.05) is 20.3 Å². The second-order valence-corrected chi connectivity index (χ2v) is 4.52. The van der Waals surface area contributed by atoms with Gasteiger partial charge in [0.2, 0.25) is 0 Å². The molecule has 0 amide bonds. The number of ether oxygens (including phenoxy) is 1. The van der Waals surface area contributed by atoms with E-state index >= 15 is 0 Å². The SMILES string of the molecule is CNC(CCOCC(F)F)Cc1cc(F)ccc1C. The zero-order valence-corrected chi connectivity index (χ0v) is 11.3. The first kappa shape index (κ1) is 16.0. The fourth-order valence-corrected chi connectivity index (χ4v) is 1.87. The molecule has 19 heavy (non-hydrogen) atoms. The van der Waals surface area contributed by atoms with Crippen molar-refractivity contribution in [3.05, 3.63) is 35.1 Å². The number of nitrogens with one attached hydrogen (secondary N) is 1. The molecule has 0 spiro atoms. The summed E-state index contributed by atoms with van der Waals surface area (Å²) in [5.41, 5.74) is 1.95. The lowest BCUT2D eigenvalue weighted by atomic mass is 9.99. The summed E-state index contributed by atoms with van der Waals surface area (Å²) in [5.74, 6) is -0.260. The van der Waals surface area contributed by atoms with Gasteiger partial charge >= 0.3 is 0 Å². The third-order valence-electron chi connectivity index (χ3n) is 3.04. The normalized spacial score (nSPS) is 12.9. The molecule has 2 nitrogen and oxygen atoms in total. The van der Waals surface area contributed by atoms with Gasteiger partial charge in [-0.15, -0.1) is 0 Å². The van der Waals surface area contributed by atoms with Crippen molar-refractivity contribution in [3.63, 3.8) is 0 Å². The Hall–Kier alpha value is -1.07. The molecular formula is C14H20F3NO. The van der Waals surface area contributed by atoms with Gasteiger partial charge in [0.15, 0.2) is 0 Å². The van der Waals surface area contributed by atoms with Crippen molar-refractivity contribution >= 4 is 0 Å². The van der Waals surface area contributed by atoms with E-state index in [1.165, 1.54) is 12.1 Å². The van der Waals surface area contributed by atoms with E-state index in [4.69, 9.17) is 4.74 Å². The van der Waals surface area contributed by atoms with Crippen LogP contribution in [0.15, 0.2) is 18.2 Å². The Morgan fingerprint density at radius 3 is 2.68 bits per heavy atom.